The number of fused-ring (bicyclic) bond motifs is 1. The summed E-state index contributed by atoms with van der Waals surface area (Å²) in [6.07, 6.45) is 1.51. The van der Waals surface area contributed by atoms with Crippen molar-refractivity contribution in [3.8, 4) is 11.3 Å². The van der Waals surface area contributed by atoms with Crippen molar-refractivity contribution in [2.24, 2.45) is 0 Å². The van der Waals surface area contributed by atoms with E-state index in [9.17, 15) is 4.79 Å². The van der Waals surface area contributed by atoms with Crippen LogP contribution in [0.3, 0.4) is 0 Å². The summed E-state index contributed by atoms with van der Waals surface area (Å²) in [5.41, 5.74) is 3.03. The zero-order valence-electron chi connectivity index (χ0n) is 15.3. The quantitative estimate of drug-likeness (QED) is 0.362. The average Bonchev–Trinajstić information content (AvgIpc) is 3.16. The van der Waals surface area contributed by atoms with Gasteiger partial charge in [0.05, 0.1) is 12.3 Å². The number of esters is 1. The number of aromatic nitrogens is 4. The fraction of sp³-hybridized carbons (Fsp3) is 0.143. The van der Waals surface area contributed by atoms with E-state index < -0.39 is 5.97 Å². The normalized spacial score (nSPS) is 10.9. The predicted molar refractivity (Wildman–Crippen MR) is 108 cm³/mol. The molecule has 0 amide bonds. The van der Waals surface area contributed by atoms with E-state index in [2.05, 4.69) is 27.2 Å². The van der Waals surface area contributed by atoms with Gasteiger partial charge in [-0.25, -0.2) is 9.78 Å². The van der Waals surface area contributed by atoms with Crippen LogP contribution in [0.2, 0.25) is 0 Å². The third kappa shape index (κ3) is 3.75. The number of hydrogen-bond acceptors (Lipinski definition) is 6. The molecule has 4 rings (SSSR count). The number of nitrogens with zero attached hydrogens (tertiary/aromatic N) is 4. The van der Waals surface area contributed by atoms with Crippen LogP contribution in [0, 0.1) is 0 Å². The fourth-order valence-electron chi connectivity index (χ4n) is 2.83. The average molecular weight is 390 g/mol. The molecule has 0 atom stereocenters. The van der Waals surface area contributed by atoms with Gasteiger partial charge in [0.25, 0.3) is 5.78 Å². The van der Waals surface area contributed by atoms with E-state index in [-0.39, 0.29) is 0 Å². The number of hydrogen-bond donors (Lipinski definition) is 0. The standard InChI is InChI=1S/C21H18N4O2S/c1-2-27-19(26)17-13-22-20-23-21(28-14-15-9-5-3-6-10-15)24-25(20)18(17)16-11-7-4-8-12-16/h3-13H,2,14H2,1H3. The molecule has 0 aliphatic rings. The molecular formula is C21H18N4O2S. The molecule has 0 fully saturated rings. The first kappa shape index (κ1) is 18.2. The second-order valence-electron chi connectivity index (χ2n) is 5.99. The molecular weight excluding hydrogens is 372 g/mol. The molecule has 0 saturated carbocycles. The third-order valence-corrected chi connectivity index (χ3v) is 5.01. The van der Waals surface area contributed by atoms with Gasteiger partial charge in [-0.3, -0.25) is 0 Å². The molecule has 0 saturated heterocycles. The maximum absolute atomic E-state index is 12.5. The Bertz CT molecular complexity index is 1100. The van der Waals surface area contributed by atoms with Gasteiger partial charge in [-0.05, 0) is 12.5 Å². The third-order valence-electron chi connectivity index (χ3n) is 4.10. The Hall–Kier alpha value is -3.19. The van der Waals surface area contributed by atoms with Crippen LogP contribution < -0.4 is 0 Å². The van der Waals surface area contributed by atoms with E-state index in [0.717, 1.165) is 11.3 Å². The maximum Gasteiger partial charge on any atom is 0.341 e. The number of thioether (sulfide) groups is 1. The van der Waals surface area contributed by atoms with Crippen LogP contribution >= 0.6 is 11.8 Å². The fourth-order valence-corrected chi connectivity index (χ4v) is 3.61. The van der Waals surface area contributed by atoms with E-state index in [1.54, 1.807) is 11.4 Å². The van der Waals surface area contributed by atoms with Crippen LogP contribution in [0.1, 0.15) is 22.8 Å². The van der Waals surface area contributed by atoms with Gasteiger partial charge in [0.1, 0.15) is 5.56 Å². The van der Waals surface area contributed by atoms with Gasteiger partial charge in [-0.15, -0.1) is 5.10 Å². The van der Waals surface area contributed by atoms with Gasteiger partial charge in [0.2, 0.25) is 5.16 Å². The van der Waals surface area contributed by atoms with Crippen LogP contribution in [0.15, 0.2) is 72.0 Å². The molecule has 28 heavy (non-hydrogen) atoms. The molecule has 0 bridgehead atoms. The number of rotatable bonds is 6. The summed E-state index contributed by atoms with van der Waals surface area (Å²) in [7, 11) is 0. The van der Waals surface area contributed by atoms with E-state index in [0.29, 0.717) is 28.8 Å². The molecule has 0 radical (unpaired) electrons. The summed E-state index contributed by atoms with van der Waals surface area (Å²) in [5.74, 6) is 0.774. The van der Waals surface area contributed by atoms with E-state index in [1.807, 2.05) is 48.5 Å². The smallest absolute Gasteiger partial charge is 0.341 e. The van der Waals surface area contributed by atoms with Crippen LogP contribution in [-0.2, 0) is 10.5 Å². The lowest BCUT2D eigenvalue weighted by atomic mass is 10.1. The number of carbonyl (C=O) groups is 1. The van der Waals surface area contributed by atoms with Gasteiger partial charge < -0.3 is 4.74 Å². The highest BCUT2D eigenvalue weighted by Crippen LogP contribution is 2.26. The molecule has 2 aromatic heterocycles. The van der Waals surface area contributed by atoms with Crippen LogP contribution in [-0.4, -0.2) is 32.2 Å². The van der Waals surface area contributed by atoms with Gasteiger partial charge in [0, 0.05) is 17.5 Å². The SMILES string of the molecule is CCOC(=O)c1cnc2nc(SCc3ccccc3)nn2c1-c1ccccc1. The Kier molecular flexibility index (Phi) is 5.34. The summed E-state index contributed by atoms with van der Waals surface area (Å²) in [5, 5.41) is 5.21. The van der Waals surface area contributed by atoms with Gasteiger partial charge in [0.15, 0.2) is 0 Å². The van der Waals surface area contributed by atoms with Crippen molar-refractivity contribution in [1.29, 1.82) is 0 Å². The molecule has 0 N–H and O–H groups in total. The summed E-state index contributed by atoms with van der Waals surface area (Å²) < 4.78 is 6.83. The molecule has 0 aliphatic carbocycles. The number of ether oxygens (including phenoxy) is 1. The highest BCUT2D eigenvalue weighted by molar-refractivity contribution is 7.98. The van der Waals surface area contributed by atoms with E-state index >= 15 is 0 Å². The predicted octanol–water partition coefficient (Wildman–Crippen LogP) is 4.26. The Morgan fingerprint density at radius 2 is 1.79 bits per heavy atom. The van der Waals surface area contributed by atoms with Crippen LogP contribution in [0.25, 0.3) is 17.0 Å². The first-order chi connectivity index (χ1) is 13.8. The molecule has 2 heterocycles. The van der Waals surface area contributed by atoms with Gasteiger partial charge >= 0.3 is 5.97 Å². The summed E-state index contributed by atoms with van der Waals surface area (Å²) in [6, 6.07) is 19.7. The largest absolute Gasteiger partial charge is 0.462 e. The monoisotopic (exact) mass is 390 g/mol. The van der Waals surface area contributed by atoms with Gasteiger partial charge in [-0.1, -0.05) is 72.4 Å². The van der Waals surface area contributed by atoms with Crippen molar-refractivity contribution in [2.75, 3.05) is 6.61 Å². The maximum atomic E-state index is 12.5. The molecule has 0 spiro atoms. The Labute approximate surface area is 166 Å². The molecule has 6 nitrogen and oxygen atoms in total. The Balaban J connectivity index is 1.76. The first-order valence-electron chi connectivity index (χ1n) is 8.91. The van der Waals surface area contributed by atoms with Gasteiger partial charge in [-0.2, -0.15) is 9.50 Å². The van der Waals surface area contributed by atoms with Crippen molar-refractivity contribution in [3.05, 3.63) is 78.0 Å². The van der Waals surface area contributed by atoms with E-state index in [1.165, 1.54) is 23.5 Å². The molecule has 0 aliphatic heterocycles. The zero-order valence-corrected chi connectivity index (χ0v) is 16.1. The highest BCUT2D eigenvalue weighted by Gasteiger charge is 2.20. The van der Waals surface area contributed by atoms with Crippen LogP contribution in [0.4, 0.5) is 0 Å². The molecule has 4 aromatic rings. The van der Waals surface area contributed by atoms with E-state index in [4.69, 9.17) is 4.74 Å². The number of carbonyl (C=O) groups excluding carboxylic acids is 1. The minimum Gasteiger partial charge on any atom is -0.462 e. The molecule has 0 unspecified atom stereocenters. The zero-order chi connectivity index (χ0) is 19.3. The van der Waals surface area contributed by atoms with Crippen molar-refractivity contribution < 1.29 is 9.53 Å². The van der Waals surface area contributed by atoms with Crippen molar-refractivity contribution in [2.45, 2.75) is 17.8 Å². The topological polar surface area (TPSA) is 69.4 Å². The van der Waals surface area contributed by atoms with Crippen molar-refractivity contribution in [1.82, 2.24) is 19.6 Å². The minimum atomic E-state index is -0.426. The second kappa shape index (κ2) is 8.22. The minimum absolute atomic E-state index is 0.292. The summed E-state index contributed by atoms with van der Waals surface area (Å²) in [6.45, 7) is 2.07. The highest BCUT2D eigenvalue weighted by atomic mass is 32.2. The van der Waals surface area contributed by atoms with Crippen LogP contribution in [0.5, 0.6) is 0 Å². The lowest BCUT2D eigenvalue weighted by Crippen LogP contribution is -2.11. The molecule has 7 heteroatoms. The van der Waals surface area contributed by atoms with Crippen molar-refractivity contribution >= 4 is 23.5 Å². The second-order valence-corrected chi connectivity index (χ2v) is 6.93. The Morgan fingerprint density at radius 3 is 2.50 bits per heavy atom. The van der Waals surface area contributed by atoms with Crippen molar-refractivity contribution in [3.63, 3.8) is 0 Å². The molecule has 2 aromatic carbocycles. The molecule has 140 valence electrons. The summed E-state index contributed by atoms with van der Waals surface area (Å²) >= 11 is 1.53. The Morgan fingerprint density at radius 1 is 1.07 bits per heavy atom. The summed E-state index contributed by atoms with van der Waals surface area (Å²) in [4.78, 5) is 21.3. The lowest BCUT2D eigenvalue weighted by Gasteiger charge is -2.09. The number of benzene rings is 2. The lowest BCUT2D eigenvalue weighted by molar-refractivity contribution is 0.0526. The first-order valence-corrected chi connectivity index (χ1v) is 9.90.